The van der Waals surface area contributed by atoms with Gasteiger partial charge in [-0.25, -0.2) is 9.59 Å². The minimum Gasteiger partial charge on any atom is -0.480 e. The number of aliphatic carboxylic acids is 1. The summed E-state index contributed by atoms with van der Waals surface area (Å²) in [5, 5.41) is 19.3. The maximum Gasteiger partial charge on any atom is 0.407 e. The summed E-state index contributed by atoms with van der Waals surface area (Å²) < 4.78 is 5.54. The number of fused-ring (bicyclic) bond motifs is 3. The molecule has 1 heterocycles. The van der Waals surface area contributed by atoms with Gasteiger partial charge in [-0.3, -0.25) is 5.10 Å². The van der Waals surface area contributed by atoms with Crippen LogP contribution in [0.3, 0.4) is 0 Å². The number of carboxylic acid groups (broad SMARTS) is 1. The Labute approximate surface area is 209 Å². The summed E-state index contributed by atoms with van der Waals surface area (Å²) in [5.41, 5.74) is 8.03. The molecular formula is C29H27N3O4. The standard InChI is InChI=1S/C29H27N3O4/c1-2-18-11-13-19(14-12-18)24-16-30-32-26(24)15-27(28(33)34)31-29(35)36-17-25-22-9-5-3-7-20(22)21-8-4-6-10-23(21)25/h3-14,16,25,27H,2,15,17H2,1H3,(H,30,32)(H,31,35)(H,33,34). The Balaban J connectivity index is 1.26. The fraction of sp³-hybridized carbons (Fsp3) is 0.207. The molecule has 0 aliphatic heterocycles. The van der Waals surface area contributed by atoms with Gasteiger partial charge in [0, 0.05) is 23.6 Å². The van der Waals surface area contributed by atoms with Gasteiger partial charge in [-0.1, -0.05) is 79.7 Å². The second-order valence-electron chi connectivity index (χ2n) is 8.88. The average Bonchev–Trinajstić information content (AvgIpc) is 3.49. The van der Waals surface area contributed by atoms with Crippen LogP contribution >= 0.6 is 0 Å². The number of aromatic amines is 1. The molecule has 3 aromatic carbocycles. The van der Waals surface area contributed by atoms with Gasteiger partial charge in [0.2, 0.25) is 0 Å². The zero-order valence-corrected chi connectivity index (χ0v) is 19.9. The molecule has 182 valence electrons. The number of carbonyl (C=O) groups is 2. The first-order chi connectivity index (χ1) is 17.5. The van der Waals surface area contributed by atoms with Gasteiger partial charge in [0.25, 0.3) is 0 Å². The number of alkyl carbamates (subject to hydrolysis) is 1. The van der Waals surface area contributed by atoms with E-state index in [2.05, 4.69) is 34.6 Å². The van der Waals surface area contributed by atoms with Gasteiger partial charge in [0.1, 0.15) is 12.6 Å². The van der Waals surface area contributed by atoms with Gasteiger partial charge < -0.3 is 15.2 Å². The highest BCUT2D eigenvalue weighted by Gasteiger charge is 2.30. The summed E-state index contributed by atoms with van der Waals surface area (Å²) in [4.78, 5) is 24.6. The Kier molecular flexibility index (Phi) is 6.54. The van der Waals surface area contributed by atoms with Crippen LogP contribution in [0.1, 0.15) is 35.2 Å². The van der Waals surface area contributed by atoms with Crippen LogP contribution in [0.5, 0.6) is 0 Å². The third-order valence-electron chi connectivity index (χ3n) is 6.73. The van der Waals surface area contributed by atoms with Crippen LogP contribution in [-0.2, 0) is 22.4 Å². The molecule has 1 aliphatic rings. The number of rotatable bonds is 8. The zero-order chi connectivity index (χ0) is 25.1. The molecule has 0 fully saturated rings. The maximum absolute atomic E-state index is 12.7. The number of hydrogen-bond acceptors (Lipinski definition) is 4. The first kappa shape index (κ1) is 23.4. The van der Waals surface area contributed by atoms with Crippen LogP contribution in [0.4, 0.5) is 4.79 Å². The van der Waals surface area contributed by atoms with Crippen LogP contribution < -0.4 is 5.32 Å². The number of ether oxygens (including phenoxy) is 1. The monoisotopic (exact) mass is 481 g/mol. The second-order valence-corrected chi connectivity index (χ2v) is 8.88. The number of H-pyrrole nitrogens is 1. The van der Waals surface area contributed by atoms with Crippen molar-refractivity contribution in [1.82, 2.24) is 15.5 Å². The number of nitrogens with zero attached hydrogens (tertiary/aromatic N) is 1. The molecule has 1 aromatic heterocycles. The molecule has 0 radical (unpaired) electrons. The van der Waals surface area contributed by atoms with Gasteiger partial charge in [0.15, 0.2) is 0 Å². The van der Waals surface area contributed by atoms with Crippen molar-refractivity contribution in [2.45, 2.75) is 31.7 Å². The normalized spacial score (nSPS) is 13.0. The molecule has 1 amide bonds. The average molecular weight is 482 g/mol. The first-order valence-electron chi connectivity index (χ1n) is 12.0. The number of aromatic nitrogens is 2. The van der Waals surface area contributed by atoms with E-state index < -0.39 is 18.1 Å². The lowest BCUT2D eigenvalue weighted by Gasteiger charge is -2.17. The molecule has 0 spiro atoms. The van der Waals surface area contributed by atoms with Crippen LogP contribution in [0.15, 0.2) is 79.0 Å². The van der Waals surface area contributed by atoms with E-state index in [9.17, 15) is 14.7 Å². The van der Waals surface area contributed by atoms with E-state index in [0.717, 1.165) is 39.8 Å². The smallest absolute Gasteiger partial charge is 0.407 e. The van der Waals surface area contributed by atoms with Gasteiger partial charge in [-0.15, -0.1) is 0 Å². The molecule has 4 aromatic rings. The van der Waals surface area contributed by atoms with Crippen molar-refractivity contribution in [1.29, 1.82) is 0 Å². The minimum absolute atomic E-state index is 0.0460. The van der Waals surface area contributed by atoms with Gasteiger partial charge in [0.05, 0.1) is 6.20 Å². The summed E-state index contributed by atoms with van der Waals surface area (Å²) in [7, 11) is 0. The lowest BCUT2D eigenvalue weighted by atomic mass is 9.98. The van der Waals surface area contributed by atoms with Crippen molar-refractivity contribution >= 4 is 12.1 Å². The zero-order valence-electron chi connectivity index (χ0n) is 19.9. The molecule has 36 heavy (non-hydrogen) atoms. The lowest BCUT2D eigenvalue weighted by molar-refractivity contribution is -0.139. The Morgan fingerprint density at radius 3 is 2.22 bits per heavy atom. The van der Waals surface area contributed by atoms with Crippen molar-refractivity contribution in [2.75, 3.05) is 6.61 Å². The van der Waals surface area contributed by atoms with Crippen molar-refractivity contribution in [3.05, 3.63) is 101 Å². The number of benzene rings is 3. The molecule has 1 unspecified atom stereocenters. The topological polar surface area (TPSA) is 104 Å². The van der Waals surface area contributed by atoms with E-state index in [0.29, 0.717) is 5.69 Å². The molecule has 7 nitrogen and oxygen atoms in total. The molecule has 1 atom stereocenters. The van der Waals surface area contributed by atoms with Gasteiger partial charge in [-0.2, -0.15) is 5.10 Å². The summed E-state index contributed by atoms with van der Waals surface area (Å²) in [6.07, 6.45) is 1.88. The third-order valence-corrected chi connectivity index (χ3v) is 6.73. The Hall–Kier alpha value is -4.39. The van der Waals surface area contributed by atoms with Crippen LogP contribution in [0.2, 0.25) is 0 Å². The van der Waals surface area contributed by atoms with Crippen molar-refractivity contribution in [2.24, 2.45) is 0 Å². The largest absolute Gasteiger partial charge is 0.480 e. The van der Waals surface area contributed by atoms with E-state index in [1.807, 2.05) is 60.7 Å². The molecule has 0 saturated carbocycles. The molecule has 5 rings (SSSR count). The van der Waals surface area contributed by atoms with Crippen LogP contribution in [0, 0.1) is 0 Å². The summed E-state index contributed by atoms with van der Waals surface area (Å²) in [5.74, 6) is -1.25. The van der Waals surface area contributed by atoms with Gasteiger partial charge >= 0.3 is 12.1 Å². The van der Waals surface area contributed by atoms with Gasteiger partial charge in [-0.05, 0) is 39.8 Å². The highest BCUT2D eigenvalue weighted by Crippen LogP contribution is 2.44. The molecule has 7 heteroatoms. The number of aryl methyl sites for hydroxylation is 1. The minimum atomic E-state index is -1.17. The third kappa shape index (κ3) is 4.60. The fourth-order valence-electron chi connectivity index (χ4n) is 4.82. The lowest BCUT2D eigenvalue weighted by Crippen LogP contribution is -2.43. The highest BCUT2D eigenvalue weighted by molar-refractivity contribution is 5.81. The van der Waals surface area contributed by atoms with E-state index in [1.54, 1.807) is 6.20 Å². The molecule has 0 bridgehead atoms. The number of carboxylic acids is 1. The molecule has 3 N–H and O–H groups in total. The predicted octanol–water partition coefficient (Wildman–Crippen LogP) is 5.17. The van der Waals surface area contributed by atoms with Crippen molar-refractivity contribution in [3.63, 3.8) is 0 Å². The number of amides is 1. The maximum atomic E-state index is 12.7. The number of hydrogen-bond donors (Lipinski definition) is 3. The first-order valence-corrected chi connectivity index (χ1v) is 12.0. The van der Waals surface area contributed by atoms with E-state index in [4.69, 9.17) is 4.74 Å². The molecule has 1 aliphatic carbocycles. The quantitative estimate of drug-likeness (QED) is 0.322. The Bertz CT molecular complexity index is 1350. The Morgan fingerprint density at radius 2 is 1.61 bits per heavy atom. The summed E-state index contributed by atoms with van der Waals surface area (Å²) >= 11 is 0. The molecular weight excluding hydrogens is 454 g/mol. The van der Waals surface area contributed by atoms with E-state index in [-0.39, 0.29) is 18.9 Å². The van der Waals surface area contributed by atoms with Crippen molar-refractivity contribution in [3.8, 4) is 22.3 Å². The summed E-state index contributed by atoms with van der Waals surface area (Å²) in [6.45, 7) is 2.20. The molecule has 0 saturated heterocycles. The number of nitrogens with one attached hydrogen (secondary N) is 2. The Morgan fingerprint density at radius 1 is 0.972 bits per heavy atom. The predicted molar refractivity (Wildman–Crippen MR) is 137 cm³/mol. The van der Waals surface area contributed by atoms with E-state index in [1.165, 1.54) is 5.56 Å². The van der Waals surface area contributed by atoms with Crippen molar-refractivity contribution < 1.29 is 19.4 Å². The van der Waals surface area contributed by atoms with Crippen LogP contribution in [-0.4, -0.2) is 40.0 Å². The summed E-state index contributed by atoms with van der Waals surface area (Å²) in [6, 6.07) is 23.0. The number of carbonyl (C=O) groups excluding carboxylic acids is 1. The van der Waals surface area contributed by atoms with E-state index >= 15 is 0 Å². The fourth-order valence-corrected chi connectivity index (χ4v) is 4.82. The second kappa shape index (κ2) is 10.1. The SMILES string of the molecule is CCc1ccc(-c2cn[nH]c2CC(NC(=O)OCC2c3ccccc3-c3ccccc32)C(=O)O)cc1. The highest BCUT2D eigenvalue weighted by atomic mass is 16.5. The van der Waals surface area contributed by atoms with Crippen LogP contribution in [0.25, 0.3) is 22.3 Å².